The summed E-state index contributed by atoms with van der Waals surface area (Å²) in [5.74, 6) is -1.49. The van der Waals surface area contributed by atoms with E-state index in [9.17, 15) is 19.1 Å². The van der Waals surface area contributed by atoms with Gasteiger partial charge in [-0.25, -0.2) is 9.40 Å². The quantitative estimate of drug-likeness (QED) is 0.658. The van der Waals surface area contributed by atoms with Gasteiger partial charge in [-0.05, 0) is 48.0 Å². The molecule has 0 saturated carbocycles. The van der Waals surface area contributed by atoms with E-state index in [2.05, 4.69) is 5.43 Å². The molecular weight excluding hydrogens is 287 g/mol. The predicted octanol–water partition coefficient (Wildman–Crippen LogP) is 1.99. The monoisotopic (exact) mass is 298 g/mol. The van der Waals surface area contributed by atoms with Gasteiger partial charge in [0.1, 0.15) is 17.1 Å². The highest BCUT2D eigenvalue weighted by atomic mass is 19.1. The molecule has 3 rings (SSSR count). The van der Waals surface area contributed by atoms with Gasteiger partial charge < -0.3 is 5.11 Å². The number of carbonyl (C=O) groups is 2. The fourth-order valence-electron chi connectivity index (χ4n) is 2.11. The maximum Gasteiger partial charge on any atom is 0.282 e. The summed E-state index contributed by atoms with van der Waals surface area (Å²) in [5, 5.41) is 10.5. The van der Waals surface area contributed by atoms with Crippen molar-refractivity contribution in [2.75, 3.05) is 5.01 Å². The van der Waals surface area contributed by atoms with Crippen LogP contribution in [0.1, 0.15) is 5.56 Å². The molecule has 0 unspecified atom stereocenters. The zero-order valence-corrected chi connectivity index (χ0v) is 11.3. The number of nitrogens with one attached hydrogen (secondary N) is 1. The second-order valence-electron chi connectivity index (χ2n) is 4.71. The Hall–Kier alpha value is -3.15. The number of hydrogen-bond donors (Lipinski definition) is 2. The molecule has 0 spiro atoms. The third kappa shape index (κ3) is 2.54. The molecule has 6 heteroatoms. The fraction of sp³-hybridized carbons (Fsp3) is 0. The van der Waals surface area contributed by atoms with Gasteiger partial charge in [0, 0.05) is 0 Å². The van der Waals surface area contributed by atoms with E-state index in [0.717, 1.165) is 5.01 Å². The van der Waals surface area contributed by atoms with Gasteiger partial charge in [0.05, 0.1) is 5.69 Å². The van der Waals surface area contributed by atoms with Crippen molar-refractivity contribution in [1.29, 1.82) is 0 Å². The summed E-state index contributed by atoms with van der Waals surface area (Å²) in [6.07, 6.45) is 1.39. The lowest BCUT2D eigenvalue weighted by Crippen LogP contribution is -2.35. The molecule has 0 atom stereocenters. The lowest BCUT2D eigenvalue weighted by atomic mass is 10.1. The first-order chi connectivity index (χ1) is 10.5. The molecule has 2 aromatic rings. The Balaban J connectivity index is 1.93. The highest BCUT2D eigenvalue weighted by Gasteiger charge is 2.34. The summed E-state index contributed by atoms with van der Waals surface area (Å²) in [6.45, 7) is 0. The van der Waals surface area contributed by atoms with Gasteiger partial charge in [-0.15, -0.1) is 0 Å². The summed E-state index contributed by atoms with van der Waals surface area (Å²) in [4.78, 5) is 24.3. The number of carbonyl (C=O) groups excluding carboxylic acids is 2. The second-order valence-corrected chi connectivity index (χ2v) is 4.71. The average Bonchev–Trinajstić information content (AvgIpc) is 2.76. The Morgan fingerprint density at radius 1 is 1.09 bits per heavy atom. The number of amides is 2. The van der Waals surface area contributed by atoms with Crippen LogP contribution in [-0.4, -0.2) is 16.9 Å². The van der Waals surface area contributed by atoms with Crippen LogP contribution in [-0.2, 0) is 9.59 Å². The van der Waals surface area contributed by atoms with Gasteiger partial charge >= 0.3 is 0 Å². The number of benzene rings is 2. The Morgan fingerprint density at radius 3 is 2.50 bits per heavy atom. The molecule has 2 N–H and O–H groups in total. The van der Waals surface area contributed by atoms with E-state index in [-0.39, 0.29) is 11.3 Å². The topological polar surface area (TPSA) is 69.6 Å². The summed E-state index contributed by atoms with van der Waals surface area (Å²) >= 11 is 0. The van der Waals surface area contributed by atoms with Gasteiger partial charge in [-0.1, -0.05) is 12.1 Å². The van der Waals surface area contributed by atoms with E-state index in [0.29, 0.717) is 11.3 Å². The van der Waals surface area contributed by atoms with Crippen LogP contribution in [0.3, 0.4) is 0 Å². The van der Waals surface area contributed by atoms with E-state index in [4.69, 9.17) is 0 Å². The summed E-state index contributed by atoms with van der Waals surface area (Å²) in [5.41, 5.74) is 3.24. The van der Waals surface area contributed by atoms with Crippen LogP contribution in [0.15, 0.2) is 54.1 Å². The third-order valence-corrected chi connectivity index (χ3v) is 3.16. The standard InChI is InChI=1S/C16H11FN2O3/c17-11-4-6-12(7-5-11)19-16(22)14(15(21)18-19)9-10-2-1-3-13(20)8-10/h1-9,20H,(H,18,21)/b14-9-. The fourth-order valence-corrected chi connectivity index (χ4v) is 2.11. The van der Waals surface area contributed by atoms with Crippen LogP contribution >= 0.6 is 0 Å². The van der Waals surface area contributed by atoms with E-state index < -0.39 is 17.6 Å². The summed E-state index contributed by atoms with van der Waals surface area (Å²) in [7, 11) is 0. The predicted molar refractivity (Wildman–Crippen MR) is 78.1 cm³/mol. The zero-order chi connectivity index (χ0) is 15.7. The van der Waals surface area contributed by atoms with Gasteiger partial charge in [0.15, 0.2) is 0 Å². The molecule has 0 bridgehead atoms. The number of aromatic hydroxyl groups is 1. The van der Waals surface area contributed by atoms with E-state index in [1.165, 1.54) is 42.5 Å². The molecule has 22 heavy (non-hydrogen) atoms. The van der Waals surface area contributed by atoms with Crippen LogP contribution in [0.25, 0.3) is 6.08 Å². The number of hydrazine groups is 1. The molecule has 0 aliphatic carbocycles. The van der Waals surface area contributed by atoms with Crippen molar-refractivity contribution in [1.82, 2.24) is 5.43 Å². The molecule has 1 aliphatic heterocycles. The van der Waals surface area contributed by atoms with Crippen LogP contribution in [0.5, 0.6) is 5.75 Å². The number of rotatable bonds is 2. The van der Waals surface area contributed by atoms with Gasteiger partial charge in [-0.3, -0.25) is 15.0 Å². The lowest BCUT2D eigenvalue weighted by molar-refractivity contribution is -0.117. The lowest BCUT2D eigenvalue weighted by Gasteiger charge is -2.14. The number of anilines is 1. The smallest absolute Gasteiger partial charge is 0.282 e. The van der Waals surface area contributed by atoms with Crippen molar-refractivity contribution >= 4 is 23.6 Å². The Labute approximate surface area is 125 Å². The molecule has 1 heterocycles. The van der Waals surface area contributed by atoms with Gasteiger partial charge in [0.25, 0.3) is 11.8 Å². The Morgan fingerprint density at radius 2 is 1.82 bits per heavy atom. The first kappa shape index (κ1) is 13.8. The van der Waals surface area contributed by atoms with Gasteiger partial charge in [-0.2, -0.15) is 0 Å². The molecule has 2 aromatic carbocycles. The summed E-state index contributed by atoms with van der Waals surface area (Å²) in [6, 6.07) is 11.4. The number of hydrogen-bond acceptors (Lipinski definition) is 3. The minimum Gasteiger partial charge on any atom is -0.508 e. The van der Waals surface area contributed by atoms with E-state index in [1.807, 2.05) is 0 Å². The number of phenolic OH excluding ortho intramolecular Hbond substituents is 1. The molecular formula is C16H11FN2O3. The maximum absolute atomic E-state index is 12.9. The molecule has 2 amide bonds. The zero-order valence-electron chi connectivity index (χ0n) is 11.3. The van der Waals surface area contributed by atoms with Crippen LogP contribution in [0.4, 0.5) is 10.1 Å². The van der Waals surface area contributed by atoms with Gasteiger partial charge in [0.2, 0.25) is 0 Å². The first-order valence-corrected chi connectivity index (χ1v) is 6.46. The van der Waals surface area contributed by atoms with Crippen molar-refractivity contribution in [2.24, 2.45) is 0 Å². The van der Waals surface area contributed by atoms with Crippen molar-refractivity contribution in [3.8, 4) is 5.75 Å². The maximum atomic E-state index is 12.9. The molecule has 0 radical (unpaired) electrons. The second kappa shape index (κ2) is 5.33. The Bertz CT molecular complexity index is 784. The number of phenols is 1. The normalized spacial score (nSPS) is 16.2. The van der Waals surface area contributed by atoms with Crippen LogP contribution in [0.2, 0.25) is 0 Å². The molecule has 1 aliphatic rings. The van der Waals surface area contributed by atoms with Crippen molar-refractivity contribution in [2.45, 2.75) is 0 Å². The SMILES string of the molecule is O=C1NN(c2ccc(F)cc2)C(=O)/C1=C\c1cccc(O)c1. The van der Waals surface area contributed by atoms with Crippen molar-refractivity contribution in [3.63, 3.8) is 0 Å². The first-order valence-electron chi connectivity index (χ1n) is 6.46. The third-order valence-electron chi connectivity index (χ3n) is 3.16. The molecule has 110 valence electrons. The minimum atomic E-state index is -0.558. The average molecular weight is 298 g/mol. The molecule has 5 nitrogen and oxygen atoms in total. The van der Waals surface area contributed by atoms with E-state index in [1.54, 1.807) is 12.1 Å². The van der Waals surface area contributed by atoms with E-state index >= 15 is 0 Å². The number of nitrogens with zero attached hydrogens (tertiary/aromatic N) is 1. The molecule has 1 saturated heterocycles. The van der Waals surface area contributed by atoms with Crippen molar-refractivity contribution < 1.29 is 19.1 Å². The number of halogens is 1. The summed E-state index contributed by atoms with van der Waals surface area (Å²) < 4.78 is 12.9. The molecule has 1 fully saturated rings. The highest BCUT2D eigenvalue weighted by Crippen LogP contribution is 2.22. The minimum absolute atomic E-state index is 0.0376. The van der Waals surface area contributed by atoms with Crippen LogP contribution in [0, 0.1) is 5.82 Å². The van der Waals surface area contributed by atoms with Crippen molar-refractivity contribution in [3.05, 3.63) is 65.5 Å². The van der Waals surface area contributed by atoms with Crippen LogP contribution < -0.4 is 10.4 Å². The Kier molecular flexibility index (Phi) is 3.34. The molecule has 0 aromatic heterocycles. The largest absolute Gasteiger partial charge is 0.508 e. The highest BCUT2D eigenvalue weighted by molar-refractivity contribution is 6.31.